The second-order valence-corrected chi connectivity index (χ2v) is 8.50. The molecular weight excluding hydrogens is 364 g/mol. The molecule has 2 aliphatic rings. The molecule has 0 bridgehead atoms. The average molecular weight is 401 g/mol. The Labute approximate surface area is 175 Å². The highest BCUT2D eigenvalue weighted by Gasteiger charge is 2.32. The van der Waals surface area contributed by atoms with Gasteiger partial charge >= 0.3 is 0 Å². The smallest absolute Gasteiger partial charge is 0.225 e. The fourth-order valence-electron chi connectivity index (χ4n) is 4.10. The van der Waals surface area contributed by atoms with Gasteiger partial charge in [-0.2, -0.15) is 0 Å². The summed E-state index contributed by atoms with van der Waals surface area (Å²) in [6.45, 7) is 7.08. The van der Waals surface area contributed by atoms with Crippen LogP contribution in [0.1, 0.15) is 57.1 Å². The normalized spacial score (nSPS) is 20.5. The zero-order chi connectivity index (χ0) is 20.6. The lowest BCUT2D eigenvalue weighted by Crippen LogP contribution is -2.45. The molecule has 0 spiro atoms. The second-order valence-electron chi connectivity index (χ2n) is 8.50. The van der Waals surface area contributed by atoms with Gasteiger partial charge in [-0.15, -0.1) is 0 Å². The number of carbonyl (C=O) groups excluding carboxylic acids is 1. The zero-order valence-electron chi connectivity index (χ0n) is 18.1. The number of aliphatic imine (C=N–C) groups is 1. The van der Waals surface area contributed by atoms with E-state index >= 15 is 0 Å². The van der Waals surface area contributed by atoms with E-state index in [0.29, 0.717) is 19.1 Å². The Balaban J connectivity index is 1.42. The molecule has 2 N–H and O–H groups in total. The summed E-state index contributed by atoms with van der Waals surface area (Å²) in [5.74, 6) is 1.41. The summed E-state index contributed by atoms with van der Waals surface area (Å²) in [6.07, 6.45) is 5.76. The number of nitrogens with one attached hydrogen (secondary N) is 2. The minimum Gasteiger partial charge on any atom is -0.374 e. The third-order valence-electron chi connectivity index (χ3n) is 5.84. The molecule has 6 heteroatoms. The number of benzene rings is 1. The summed E-state index contributed by atoms with van der Waals surface area (Å²) in [5, 5.41) is 6.87. The van der Waals surface area contributed by atoms with Gasteiger partial charge in [0.25, 0.3) is 0 Å². The second kappa shape index (κ2) is 10.6. The Morgan fingerprint density at radius 1 is 1.17 bits per heavy atom. The van der Waals surface area contributed by atoms with E-state index in [1.807, 2.05) is 18.7 Å². The molecule has 1 aliphatic heterocycles. The standard InChI is InChI=1S/C23H36N4O2/c1-17(2)29-16-19-10-8-18(9-11-19)14-25-23(24-3)26-21-12-13-27(15-21)22(28)20-6-4-5-7-20/h8-11,17,20-21H,4-7,12-16H2,1-3H3,(H2,24,25,26). The predicted molar refractivity (Wildman–Crippen MR) is 117 cm³/mol. The van der Waals surface area contributed by atoms with Crippen LogP contribution in [0.5, 0.6) is 0 Å². The van der Waals surface area contributed by atoms with Gasteiger partial charge in [-0.05, 0) is 44.2 Å². The highest BCUT2D eigenvalue weighted by atomic mass is 16.5. The molecule has 6 nitrogen and oxygen atoms in total. The maximum absolute atomic E-state index is 12.6. The lowest BCUT2D eigenvalue weighted by atomic mass is 10.1. The Bertz CT molecular complexity index is 681. The molecule has 1 heterocycles. The fourth-order valence-corrected chi connectivity index (χ4v) is 4.10. The van der Waals surface area contributed by atoms with Crippen LogP contribution >= 0.6 is 0 Å². The highest BCUT2D eigenvalue weighted by molar-refractivity contribution is 5.81. The summed E-state index contributed by atoms with van der Waals surface area (Å²) in [4.78, 5) is 19.0. The fraction of sp³-hybridized carbons (Fsp3) is 0.652. The number of hydrogen-bond acceptors (Lipinski definition) is 3. The van der Waals surface area contributed by atoms with Crippen molar-refractivity contribution >= 4 is 11.9 Å². The first-order valence-electron chi connectivity index (χ1n) is 11.0. The molecule has 1 saturated carbocycles. The number of ether oxygens (including phenoxy) is 1. The Morgan fingerprint density at radius 2 is 1.86 bits per heavy atom. The van der Waals surface area contributed by atoms with Crippen LogP contribution in [0, 0.1) is 5.92 Å². The van der Waals surface area contributed by atoms with Crippen LogP contribution in [0.15, 0.2) is 29.3 Å². The molecule has 29 heavy (non-hydrogen) atoms. The Kier molecular flexibility index (Phi) is 7.92. The molecule has 1 unspecified atom stereocenters. The van der Waals surface area contributed by atoms with E-state index in [9.17, 15) is 4.79 Å². The van der Waals surface area contributed by atoms with Crippen LogP contribution < -0.4 is 10.6 Å². The minimum absolute atomic E-state index is 0.241. The van der Waals surface area contributed by atoms with Gasteiger partial charge in [0.1, 0.15) is 0 Å². The number of nitrogens with zero attached hydrogens (tertiary/aromatic N) is 2. The van der Waals surface area contributed by atoms with Gasteiger partial charge in [0.05, 0.1) is 12.7 Å². The number of carbonyl (C=O) groups is 1. The largest absolute Gasteiger partial charge is 0.374 e. The average Bonchev–Trinajstić information content (AvgIpc) is 3.42. The minimum atomic E-state index is 0.241. The molecule has 3 rings (SSSR count). The van der Waals surface area contributed by atoms with Crippen LogP contribution in [-0.4, -0.2) is 49.0 Å². The molecule has 2 fully saturated rings. The van der Waals surface area contributed by atoms with Crippen LogP contribution in [0.2, 0.25) is 0 Å². The Hall–Kier alpha value is -2.08. The lowest BCUT2D eigenvalue weighted by Gasteiger charge is -2.21. The van der Waals surface area contributed by atoms with E-state index in [0.717, 1.165) is 38.3 Å². The van der Waals surface area contributed by atoms with Gasteiger partial charge in [0, 0.05) is 38.6 Å². The molecule has 1 amide bonds. The van der Waals surface area contributed by atoms with Gasteiger partial charge < -0.3 is 20.3 Å². The van der Waals surface area contributed by atoms with Crippen molar-refractivity contribution in [3.63, 3.8) is 0 Å². The van der Waals surface area contributed by atoms with Crippen LogP contribution in [0.3, 0.4) is 0 Å². The van der Waals surface area contributed by atoms with E-state index in [4.69, 9.17) is 4.74 Å². The van der Waals surface area contributed by atoms with E-state index in [1.54, 1.807) is 7.05 Å². The molecule has 1 aliphatic carbocycles. The quantitative estimate of drug-likeness (QED) is 0.545. The lowest BCUT2D eigenvalue weighted by molar-refractivity contribution is -0.134. The maximum atomic E-state index is 12.6. The number of rotatable bonds is 7. The van der Waals surface area contributed by atoms with Crippen molar-refractivity contribution in [2.24, 2.45) is 10.9 Å². The van der Waals surface area contributed by atoms with Crippen molar-refractivity contribution in [2.45, 2.75) is 71.2 Å². The summed E-state index contributed by atoms with van der Waals surface area (Å²) in [5.41, 5.74) is 2.38. The molecule has 0 aromatic heterocycles. The highest BCUT2D eigenvalue weighted by Crippen LogP contribution is 2.27. The van der Waals surface area contributed by atoms with Gasteiger partial charge in [0.2, 0.25) is 5.91 Å². The van der Waals surface area contributed by atoms with Crippen molar-refractivity contribution in [3.05, 3.63) is 35.4 Å². The summed E-state index contributed by atoms with van der Waals surface area (Å²) in [7, 11) is 1.79. The molecule has 1 aromatic rings. The van der Waals surface area contributed by atoms with Gasteiger partial charge in [-0.1, -0.05) is 37.1 Å². The summed E-state index contributed by atoms with van der Waals surface area (Å²) >= 11 is 0. The monoisotopic (exact) mass is 400 g/mol. The summed E-state index contributed by atoms with van der Waals surface area (Å²) in [6, 6.07) is 8.73. The van der Waals surface area contributed by atoms with Crippen molar-refractivity contribution < 1.29 is 9.53 Å². The molecule has 0 radical (unpaired) electrons. The van der Waals surface area contributed by atoms with E-state index in [2.05, 4.69) is 39.9 Å². The zero-order valence-corrected chi connectivity index (χ0v) is 18.1. The molecule has 160 valence electrons. The van der Waals surface area contributed by atoms with Crippen molar-refractivity contribution in [2.75, 3.05) is 20.1 Å². The van der Waals surface area contributed by atoms with Gasteiger partial charge in [-0.3, -0.25) is 9.79 Å². The van der Waals surface area contributed by atoms with Crippen molar-refractivity contribution in [1.29, 1.82) is 0 Å². The number of likely N-dealkylation sites (tertiary alicyclic amines) is 1. The van der Waals surface area contributed by atoms with Crippen molar-refractivity contribution in [1.82, 2.24) is 15.5 Å². The van der Waals surface area contributed by atoms with Crippen LogP contribution in [-0.2, 0) is 22.7 Å². The molecule has 1 atom stereocenters. The van der Waals surface area contributed by atoms with Gasteiger partial charge in [-0.25, -0.2) is 0 Å². The third-order valence-corrected chi connectivity index (χ3v) is 5.84. The van der Waals surface area contributed by atoms with E-state index < -0.39 is 0 Å². The SMILES string of the molecule is CN=C(NCc1ccc(COC(C)C)cc1)NC1CCN(C(=O)C2CCCC2)C1. The van der Waals surface area contributed by atoms with E-state index in [-0.39, 0.29) is 18.1 Å². The first-order chi connectivity index (χ1) is 14.0. The third kappa shape index (κ3) is 6.46. The van der Waals surface area contributed by atoms with Crippen molar-refractivity contribution in [3.8, 4) is 0 Å². The number of amides is 1. The summed E-state index contributed by atoms with van der Waals surface area (Å²) < 4.78 is 5.64. The van der Waals surface area contributed by atoms with E-state index in [1.165, 1.54) is 24.0 Å². The molecule has 1 saturated heterocycles. The number of guanidine groups is 1. The van der Waals surface area contributed by atoms with Crippen LogP contribution in [0.25, 0.3) is 0 Å². The number of hydrogen-bond donors (Lipinski definition) is 2. The first kappa shape index (κ1) is 21.6. The Morgan fingerprint density at radius 3 is 2.52 bits per heavy atom. The molecule has 1 aromatic carbocycles. The predicted octanol–water partition coefficient (Wildman–Crippen LogP) is 3.07. The van der Waals surface area contributed by atoms with Gasteiger partial charge in [0.15, 0.2) is 5.96 Å². The maximum Gasteiger partial charge on any atom is 0.225 e. The molecular formula is C23H36N4O2. The topological polar surface area (TPSA) is 66.0 Å². The van der Waals surface area contributed by atoms with Crippen LogP contribution in [0.4, 0.5) is 0 Å². The first-order valence-corrected chi connectivity index (χ1v) is 11.0.